The molecule has 0 aliphatic heterocycles. The van der Waals surface area contributed by atoms with E-state index in [1.54, 1.807) is 0 Å². The quantitative estimate of drug-likeness (QED) is 0.0981. The molecule has 16 heteroatoms. The number of rotatable bonds is 9. The molecule has 39 heavy (non-hydrogen) atoms. The van der Waals surface area contributed by atoms with Crippen LogP contribution in [0.3, 0.4) is 0 Å². The SMILES string of the molecule is O=C(Oc1ccc([N+](=O)[O-])c(C(=O)OCC(F)(F)S(=O)(=O)O)c1)c1ccc(I)cc1OC(=O)C1CCCCC1. The lowest BCUT2D eigenvalue weighted by molar-refractivity contribution is -0.385. The molecule has 0 spiro atoms. The maximum Gasteiger partial charge on any atom is 0.402 e. The van der Waals surface area contributed by atoms with Crippen LogP contribution in [0.1, 0.15) is 52.8 Å². The van der Waals surface area contributed by atoms with E-state index in [2.05, 4.69) is 4.74 Å². The number of nitro benzene ring substituents is 1. The number of nitro groups is 1. The summed E-state index contributed by atoms with van der Waals surface area (Å²) < 4.78 is 72.3. The predicted octanol–water partition coefficient (Wildman–Crippen LogP) is 4.54. The number of nitrogens with zero attached hydrogens (tertiary/aromatic N) is 1. The standard InChI is InChI=1S/C23H20F2INO11S/c24-23(25,39(33,34)35)12-36-21(29)17-11-15(7-9-18(17)27(31)32)37-22(30)16-8-6-14(26)10-19(16)38-20(28)13-4-2-1-3-5-13/h6-11,13H,1-5,12H2,(H,33,34,35). The zero-order chi connectivity index (χ0) is 29.0. The van der Waals surface area contributed by atoms with Crippen molar-refractivity contribution in [1.82, 2.24) is 0 Å². The maximum atomic E-state index is 13.4. The minimum absolute atomic E-state index is 0.0866. The Morgan fingerprint density at radius 3 is 2.31 bits per heavy atom. The fourth-order valence-electron chi connectivity index (χ4n) is 3.64. The molecule has 0 saturated heterocycles. The van der Waals surface area contributed by atoms with E-state index in [4.69, 9.17) is 14.0 Å². The maximum absolute atomic E-state index is 13.4. The second-order valence-corrected chi connectivity index (χ2v) is 11.2. The third kappa shape index (κ3) is 7.66. The second-order valence-electron chi connectivity index (χ2n) is 8.41. The highest BCUT2D eigenvalue weighted by Gasteiger charge is 2.46. The normalized spacial score (nSPS) is 14.4. The minimum atomic E-state index is -5.93. The van der Waals surface area contributed by atoms with Gasteiger partial charge < -0.3 is 14.2 Å². The van der Waals surface area contributed by atoms with E-state index in [0.717, 1.165) is 31.4 Å². The first-order valence-corrected chi connectivity index (χ1v) is 13.8. The number of carbonyl (C=O) groups is 3. The average Bonchev–Trinajstić information content (AvgIpc) is 2.87. The van der Waals surface area contributed by atoms with E-state index in [9.17, 15) is 41.7 Å². The van der Waals surface area contributed by atoms with E-state index in [0.29, 0.717) is 22.5 Å². The predicted molar refractivity (Wildman–Crippen MR) is 136 cm³/mol. The minimum Gasteiger partial charge on any atom is -0.454 e. The number of carbonyl (C=O) groups excluding carboxylic acids is 3. The Kier molecular flexibility index (Phi) is 9.55. The van der Waals surface area contributed by atoms with Crippen LogP contribution in [0.4, 0.5) is 14.5 Å². The van der Waals surface area contributed by atoms with Crippen LogP contribution in [0.25, 0.3) is 0 Å². The van der Waals surface area contributed by atoms with Crippen molar-refractivity contribution >= 4 is 56.3 Å². The van der Waals surface area contributed by atoms with Gasteiger partial charge in [0.05, 0.1) is 10.8 Å². The van der Waals surface area contributed by atoms with Crippen molar-refractivity contribution in [3.63, 3.8) is 0 Å². The second kappa shape index (κ2) is 12.3. The Morgan fingerprint density at radius 2 is 1.69 bits per heavy atom. The summed E-state index contributed by atoms with van der Waals surface area (Å²) in [6.45, 7) is -2.13. The van der Waals surface area contributed by atoms with E-state index in [1.807, 2.05) is 22.6 Å². The van der Waals surface area contributed by atoms with Crippen LogP contribution >= 0.6 is 22.6 Å². The summed E-state index contributed by atoms with van der Waals surface area (Å²) in [5.74, 6) is -4.17. The molecule has 3 rings (SSSR count). The third-order valence-electron chi connectivity index (χ3n) is 5.66. The van der Waals surface area contributed by atoms with Gasteiger partial charge in [-0.2, -0.15) is 17.2 Å². The molecular formula is C23H20F2INO11S. The van der Waals surface area contributed by atoms with Crippen LogP contribution < -0.4 is 9.47 Å². The molecule has 0 amide bonds. The molecule has 2 aromatic carbocycles. The number of ether oxygens (including phenoxy) is 3. The Labute approximate surface area is 233 Å². The smallest absolute Gasteiger partial charge is 0.402 e. The highest BCUT2D eigenvalue weighted by Crippen LogP contribution is 2.30. The lowest BCUT2D eigenvalue weighted by Crippen LogP contribution is -2.34. The Bertz CT molecular complexity index is 1410. The lowest BCUT2D eigenvalue weighted by Gasteiger charge is -2.20. The molecule has 1 N–H and O–H groups in total. The molecule has 0 atom stereocenters. The largest absolute Gasteiger partial charge is 0.454 e. The number of esters is 3. The van der Waals surface area contributed by atoms with Gasteiger partial charge in [0.15, 0.2) is 6.61 Å². The van der Waals surface area contributed by atoms with Gasteiger partial charge in [0.1, 0.15) is 22.6 Å². The van der Waals surface area contributed by atoms with Gasteiger partial charge in [0.25, 0.3) is 5.69 Å². The van der Waals surface area contributed by atoms with Crippen LogP contribution in [-0.4, -0.2) is 47.7 Å². The van der Waals surface area contributed by atoms with Crippen molar-refractivity contribution in [2.75, 3.05) is 6.61 Å². The molecule has 0 heterocycles. The van der Waals surface area contributed by atoms with Gasteiger partial charge in [-0.25, -0.2) is 9.59 Å². The Hall–Kier alpha value is -3.25. The highest BCUT2D eigenvalue weighted by atomic mass is 127. The molecule has 210 valence electrons. The van der Waals surface area contributed by atoms with Gasteiger partial charge in [-0.1, -0.05) is 19.3 Å². The van der Waals surface area contributed by atoms with Crippen LogP contribution in [0.15, 0.2) is 36.4 Å². The molecule has 0 radical (unpaired) electrons. The zero-order valence-corrected chi connectivity index (χ0v) is 22.8. The summed E-state index contributed by atoms with van der Waals surface area (Å²) in [7, 11) is -5.93. The monoisotopic (exact) mass is 683 g/mol. The van der Waals surface area contributed by atoms with E-state index >= 15 is 0 Å². The number of alkyl halides is 2. The molecule has 1 aliphatic carbocycles. The van der Waals surface area contributed by atoms with Crippen molar-refractivity contribution in [3.8, 4) is 11.5 Å². The van der Waals surface area contributed by atoms with Gasteiger partial charge in [0.2, 0.25) is 0 Å². The van der Waals surface area contributed by atoms with Crippen molar-refractivity contribution in [2.45, 2.75) is 37.4 Å². The van der Waals surface area contributed by atoms with Gasteiger partial charge in [-0.05, 0) is 59.7 Å². The topological polar surface area (TPSA) is 176 Å². The Balaban J connectivity index is 1.83. The molecule has 1 saturated carbocycles. The van der Waals surface area contributed by atoms with Crippen molar-refractivity contribution in [2.24, 2.45) is 5.92 Å². The number of hydrogen-bond acceptors (Lipinski definition) is 10. The third-order valence-corrected chi connectivity index (χ3v) is 7.20. The summed E-state index contributed by atoms with van der Waals surface area (Å²) in [6, 6.07) is 6.63. The summed E-state index contributed by atoms with van der Waals surface area (Å²) in [5.41, 5.74) is -2.04. The van der Waals surface area contributed by atoms with Gasteiger partial charge in [-0.3, -0.25) is 19.5 Å². The first-order chi connectivity index (χ1) is 18.2. The molecule has 2 aromatic rings. The summed E-state index contributed by atoms with van der Waals surface area (Å²) >= 11 is 1.94. The zero-order valence-electron chi connectivity index (χ0n) is 19.8. The van der Waals surface area contributed by atoms with E-state index in [1.165, 1.54) is 18.2 Å². The molecule has 1 fully saturated rings. The molecule has 0 unspecified atom stereocenters. The van der Waals surface area contributed by atoms with Crippen molar-refractivity contribution in [1.29, 1.82) is 0 Å². The first-order valence-electron chi connectivity index (χ1n) is 11.2. The van der Waals surface area contributed by atoms with Gasteiger partial charge in [0, 0.05) is 15.7 Å². The summed E-state index contributed by atoms with van der Waals surface area (Å²) in [5, 5.41) is 6.43. The highest BCUT2D eigenvalue weighted by molar-refractivity contribution is 14.1. The average molecular weight is 683 g/mol. The molecule has 0 aromatic heterocycles. The van der Waals surface area contributed by atoms with E-state index < -0.39 is 61.8 Å². The van der Waals surface area contributed by atoms with Crippen molar-refractivity contribution in [3.05, 3.63) is 61.2 Å². The van der Waals surface area contributed by atoms with Crippen LogP contribution in [0.5, 0.6) is 11.5 Å². The van der Waals surface area contributed by atoms with Crippen LogP contribution in [0, 0.1) is 19.6 Å². The summed E-state index contributed by atoms with van der Waals surface area (Å²) in [4.78, 5) is 48.1. The van der Waals surface area contributed by atoms with E-state index in [-0.39, 0.29) is 17.2 Å². The molecule has 0 bridgehead atoms. The number of hydrogen-bond donors (Lipinski definition) is 1. The van der Waals surface area contributed by atoms with Gasteiger partial charge in [-0.15, -0.1) is 0 Å². The Morgan fingerprint density at radius 1 is 1.03 bits per heavy atom. The fraction of sp³-hybridized carbons (Fsp3) is 0.348. The van der Waals surface area contributed by atoms with Crippen LogP contribution in [0.2, 0.25) is 0 Å². The molecule has 12 nitrogen and oxygen atoms in total. The van der Waals surface area contributed by atoms with Gasteiger partial charge >= 0.3 is 33.3 Å². The molecular weight excluding hydrogens is 663 g/mol. The number of halogens is 3. The first kappa shape index (κ1) is 30.3. The van der Waals surface area contributed by atoms with Crippen LogP contribution in [-0.2, 0) is 19.6 Å². The number of benzene rings is 2. The lowest BCUT2D eigenvalue weighted by atomic mass is 9.89. The fourth-order valence-corrected chi connectivity index (χ4v) is 4.31. The summed E-state index contributed by atoms with van der Waals surface area (Å²) in [6.07, 6.45) is 4.07. The van der Waals surface area contributed by atoms with Crippen molar-refractivity contribution < 1.29 is 55.3 Å². The molecule has 1 aliphatic rings.